The molecule has 1 aliphatic carbocycles. The molecule has 102 valence electrons. The quantitative estimate of drug-likeness (QED) is 0.696. The van der Waals surface area contributed by atoms with Crippen LogP contribution in [0.5, 0.6) is 17.2 Å². The van der Waals surface area contributed by atoms with Crippen LogP contribution >= 0.6 is 0 Å². The van der Waals surface area contributed by atoms with Crippen molar-refractivity contribution in [3.8, 4) is 17.2 Å². The van der Waals surface area contributed by atoms with Crippen LogP contribution < -0.4 is 0 Å². The SMILES string of the molecule is O=C1c2ccc(O)cc2CCC1c1ccc(O)c(O)c1. The molecule has 0 heterocycles. The van der Waals surface area contributed by atoms with E-state index in [0.717, 1.165) is 5.56 Å². The first-order valence-corrected chi connectivity index (χ1v) is 6.44. The molecule has 0 bridgehead atoms. The summed E-state index contributed by atoms with van der Waals surface area (Å²) in [5, 5.41) is 28.3. The van der Waals surface area contributed by atoms with Crippen LogP contribution in [0.4, 0.5) is 0 Å². The highest BCUT2D eigenvalue weighted by Crippen LogP contribution is 2.36. The molecule has 0 aromatic heterocycles. The average molecular weight is 270 g/mol. The fourth-order valence-electron chi connectivity index (χ4n) is 2.72. The smallest absolute Gasteiger partial charge is 0.170 e. The number of phenols is 3. The Labute approximate surface area is 115 Å². The van der Waals surface area contributed by atoms with E-state index in [-0.39, 0.29) is 28.9 Å². The summed E-state index contributed by atoms with van der Waals surface area (Å²) in [6, 6.07) is 9.25. The number of Topliss-reactive ketones (excluding diaryl/α,β-unsaturated/α-hetero) is 1. The van der Waals surface area contributed by atoms with Crippen LogP contribution in [0.25, 0.3) is 0 Å². The van der Waals surface area contributed by atoms with Gasteiger partial charge in [0.05, 0.1) is 0 Å². The molecule has 0 amide bonds. The van der Waals surface area contributed by atoms with Gasteiger partial charge in [0.25, 0.3) is 0 Å². The Hall–Kier alpha value is -2.49. The van der Waals surface area contributed by atoms with Gasteiger partial charge in [0, 0.05) is 11.5 Å². The van der Waals surface area contributed by atoms with E-state index in [2.05, 4.69) is 0 Å². The zero-order chi connectivity index (χ0) is 14.3. The lowest BCUT2D eigenvalue weighted by atomic mass is 9.79. The largest absolute Gasteiger partial charge is 0.508 e. The fourth-order valence-corrected chi connectivity index (χ4v) is 2.72. The summed E-state index contributed by atoms with van der Waals surface area (Å²) in [6.07, 6.45) is 1.32. The molecule has 2 aromatic rings. The molecular weight excluding hydrogens is 256 g/mol. The number of carbonyl (C=O) groups excluding carboxylic acids is 1. The molecule has 0 radical (unpaired) electrons. The van der Waals surface area contributed by atoms with Gasteiger partial charge in [-0.15, -0.1) is 0 Å². The van der Waals surface area contributed by atoms with Gasteiger partial charge >= 0.3 is 0 Å². The standard InChI is InChI=1S/C16H14O4/c17-11-3-5-13-9(7-11)1-4-12(16(13)20)10-2-6-14(18)15(19)8-10/h2-3,5-8,12,17-19H,1,4H2. The van der Waals surface area contributed by atoms with Crippen molar-refractivity contribution in [2.24, 2.45) is 0 Å². The second-order valence-electron chi connectivity index (χ2n) is 5.05. The van der Waals surface area contributed by atoms with Crippen molar-refractivity contribution in [3.05, 3.63) is 53.1 Å². The maximum atomic E-state index is 12.5. The lowest BCUT2D eigenvalue weighted by Crippen LogP contribution is -2.20. The van der Waals surface area contributed by atoms with Crippen LogP contribution in [0.2, 0.25) is 0 Å². The molecule has 20 heavy (non-hydrogen) atoms. The highest BCUT2D eigenvalue weighted by atomic mass is 16.3. The van der Waals surface area contributed by atoms with E-state index < -0.39 is 0 Å². The summed E-state index contributed by atoms with van der Waals surface area (Å²) in [5.41, 5.74) is 2.17. The molecule has 0 aliphatic heterocycles. The van der Waals surface area contributed by atoms with Crippen LogP contribution in [-0.4, -0.2) is 21.1 Å². The van der Waals surface area contributed by atoms with Crippen molar-refractivity contribution < 1.29 is 20.1 Å². The summed E-state index contributed by atoms with van der Waals surface area (Å²) < 4.78 is 0. The van der Waals surface area contributed by atoms with Gasteiger partial charge in [-0.05, 0) is 54.3 Å². The van der Waals surface area contributed by atoms with Gasteiger partial charge in [-0.1, -0.05) is 6.07 Å². The lowest BCUT2D eigenvalue weighted by molar-refractivity contribution is 0.0946. The van der Waals surface area contributed by atoms with Gasteiger partial charge in [-0.2, -0.15) is 0 Å². The molecule has 1 unspecified atom stereocenters. The van der Waals surface area contributed by atoms with Crippen LogP contribution in [0, 0.1) is 0 Å². The Morgan fingerprint density at radius 2 is 1.75 bits per heavy atom. The zero-order valence-corrected chi connectivity index (χ0v) is 10.7. The first-order chi connectivity index (χ1) is 9.56. The highest BCUT2D eigenvalue weighted by Gasteiger charge is 2.29. The number of hydrogen-bond acceptors (Lipinski definition) is 4. The Morgan fingerprint density at radius 1 is 0.950 bits per heavy atom. The molecule has 0 saturated carbocycles. The van der Waals surface area contributed by atoms with Crippen LogP contribution in [0.3, 0.4) is 0 Å². The third-order valence-corrected chi connectivity index (χ3v) is 3.77. The molecule has 4 heteroatoms. The maximum absolute atomic E-state index is 12.5. The minimum absolute atomic E-state index is 0.0173. The summed E-state index contributed by atoms with van der Waals surface area (Å²) in [4.78, 5) is 12.5. The van der Waals surface area contributed by atoms with Crippen LogP contribution in [-0.2, 0) is 6.42 Å². The summed E-state index contributed by atoms with van der Waals surface area (Å²) in [5.74, 6) is -0.582. The van der Waals surface area contributed by atoms with E-state index in [0.29, 0.717) is 24.0 Å². The number of hydrogen-bond donors (Lipinski definition) is 3. The van der Waals surface area contributed by atoms with Gasteiger partial charge in [0.2, 0.25) is 0 Å². The van der Waals surface area contributed by atoms with Gasteiger partial charge in [-0.25, -0.2) is 0 Å². The van der Waals surface area contributed by atoms with E-state index in [1.54, 1.807) is 18.2 Å². The van der Waals surface area contributed by atoms with Gasteiger partial charge in [-0.3, -0.25) is 4.79 Å². The van der Waals surface area contributed by atoms with Crippen molar-refractivity contribution in [2.75, 3.05) is 0 Å². The molecule has 1 aliphatic rings. The minimum Gasteiger partial charge on any atom is -0.508 e. The van der Waals surface area contributed by atoms with Crippen molar-refractivity contribution in [1.29, 1.82) is 0 Å². The summed E-state index contributed by atoms with van der Waals surface area (Å²) >= 11 is 0. The summed E-state index contributed by atoms with van der Waals surface area (Å²) in [6.45, 7) is 0. The monoisotopic (exact) mass is 270 g/mol. The molecule has 0 spiro atoms. The van der Waals surface area contributed by atoms with Crippen molar-refractivity contribution in [2.45, 2.75) is 18.8 Å². The molecule has 3 N–H and O–H groups in total. The number of fused-ring (bicyclic) bond motifs is 1. The molecule has 1 atom stereocenters. The number of aryl methyl sites for hydroxylation is 1. The highest BCUT2D eigenvalue weighted by molar-refractivity contribution is 6.03. The predicted molar refractivity (Wildman–Crippen MR) is 73.3 cm³/mol. The third kappa shape index (κ3) is 1.99. The van der Waals surface area contributed by atoms with E-state index in [1.807, 2.05) is 0 Å². The van der Waals surface area contributed by atoms with E-state index in [1.165, 1.54) is 18.2 Å². The van der Waals surface area contributed by atoms with E-state index >= 15 is 0 Å². The molecule has 2 aromatic carbocycles. The number of carbonyl (C=O) groups is 1. The second kappa shape index (κ2) is 4.56. The number of benzene rings is 2. The summed E-state index contributed by atoms with van der Waals surface area (Å²) in [7, 11) is 0. The van der Waals surface area contributed by atoms with Gasteiger partial charge in [0.15, 0.2) is 17.3 Å². The van der Waals surface area contributed by atoms with Gasteiger partial charge < -0.3 is 15.3 Å². The van der Waals surface area contributed by atoms with Gasteiger partial charge in [0.1, 0.15) is 5.75 Å². The topological polar surface area (TPSA) is 77.8 Å². The molecule has 0 fully saturated rings. The normalized spacial score (nSPS) is 17.8. The Bertz CT molecular complexity index is 691. The Balaban J connectivity index is 1.99. The lowest BCUT2D eigenvalue weighted by Gasteiger charge is -2.24. The van der Waals surface area contributed by atoms with Crippen molar-refractivity contribution >= 4 is 5.78 Å². The number of ketones is 1. The van der Waals surface area contributed by atoms with E-state index in [4.69, 9.17) is 0 Å². The zero-order valence-electron chi connectivity index (χ0n) is 10.7. The molecule has 4 nitrogen and oxygen atoms in total. The second-order valence-corrected chi connectivity index (χ2v) is 5.05. The van der Waals surface area contributed by atoms with Crippen LogP contribution in [0.15, 0.2) is 36.4 Å². The minimum atomic E-state index is -0.321. The first-order valence-electron chi connectivity index (χ1n) is 6.44. The van der Waals surface area contributed by atoms with Crippen LogP contribution in [0.1, 0.15) is 33.8 Å². The maximum Gasteiger partial charge on any atom is 0.170 e. The van der Waals surface area contributed by atoms with Crippen molar-refractivity contribution in [3.63, 3.8) is 0 Å². The molecule has 3 rings (SSSR count). The first kappa shape index (κ1) is 12.5. The Kier molecular flexibility index (Phi) is 2.86. The number of aromatic hydroxyl groups is 3. The van der Waals surface area contributed by atoms with Crippen molar-refractivity contribution in [1.82, 2.24) is 0 Å². The average Bonchev–Trinajstić information content (AvgIpc) is 2.42. The molecule has 0 saturated heterocycles. The molecular formula is C16H14O4. The fraction of sp³-hybridized carbons (Fsp3) is 0.188. The van der Waals surface area contributed by atoms with E-state index in [9.17, 15) is 20.1 Å². The number of phenolic OH excluding ortho intramolecular Hbond substituents is 3. The number of rotatable bonds is 1. The predicted octanol–water partition coefficient (Wildman–Crippen LogP) is 2.72. The Morgan fingerprint density at radius 3 is 2.50 bits per heavy atom. The third-order valence-electron chi connectivity index (χ3n) is 3.77.